The summed E-state index contributed by atoms with van der Waals surface area (Å²) >= 11 is 0. The van der Waals surface area contributed by atoms with Gasteiger partial charge < -0.3 is 15.4 Å². The topological polar surface area (TPSA) is 72.6 Å². The normalized spacial score (nSPS) is 10.7. The molecule has 0 bridgehead atoms. The standard InChI is InChI=1S/C21H25FN2O3/c1-15(2)12-14-27-19-9-3-16(4-10-19)21(26)24(13-11-20(23)25)18-7-5-17(22)6-8-18/h3-10,15H,11-14H2,1-2H3,(H2,23,25). The van der Waals surface area contributed by atoms with Gasteiger partial charge in [-0.1, -0.05) is 13.8 Å². The molecule has 6 heteroatoms. The number of carbonyl (C=O) groups excluding carboxylic acids is 2. The minimum Gasteiger partial charge on any atom is -0.494 e. The van der Waals surface area contributed by atoms with Crippen LogP contribution in [-0.2, 0) is 4.79 Å². The molecule has 0 saturated heterocycles. The van der Waals surface area contributed by atoms with Crippen molar-refractivity contribution in [3.63, 3.8) is 0 Å². The van der Waals surface area contributed by atoms with Crippen molar-refractivity contribution >= 4 is 17.5 Å². The highest BCUT2D eigenvalue weighted by molar-refractivity contribution is 6.06. The van der Waals surface area contributed by atoms with Gasteiger partial charge in [-0.2, -0.15) is 0 Å². The van der Waals surface area contributed by atoms with E-state index in [1.54, 1.807) is 24.3 Å². The number of halogens is 1. The average molecular weight is 372 g/mol. The molecule has 0 aromatic heterocycles. The van der Waals surface area contributed by atoms with Crippen LogP contribution in [-0.4, -0.2) is 25.0 Å². The van der Waals surface area contributed by atoms with E-state index in [0.29, 0.717) is 29.5 Å². The maximum Gasteiger partial charge on any atom is 0.258 e. The van der Waals surface area contributed by atoms with Crippen molar-refractivity contribution in [2.24, 2.45) is 11.7 Å². The fourth-order valence-electron chi connectivity index (χ4n) is 2.45. The van der Waals surface area contributed by atoms with Crippen molar-refractivity contribution in [3.05, 3.63) is 59.9 Å². The molecule has 0 aliphatic heterocycles. The maximum absolute atomic E-state index is 13.2. The van der Waals surface area contributed by atoms with Gasteiger partial charge in [-0.3, -0.25) is 9.59 Å². The molecule has 2 rings (SSSR count). The molecule has 2 aromatic rings. The SMILES string of the molecule is CC(C)CCOc1ccc(C(=O)N(CCC(N)=O)c2ccc(F)cc2)cc1. The Balaban J connectivity index is 2.13. The van der Waals surface area contributed by atoms with Crippen LogP contribution in [0.3, 0.4) is 0 Å². The second kappa shape index (κ2) is 9.71. The van der Waals surface area contributed by atoms with Gasteiger partial charge in [0, 0.05) is 24.2 Å². The number of anilines is 1. The van der Waals surface area contributed by atoms with Gasteiger partial charge >= 0.3 is 0 Å². The Hall–Kier alpha value is -2.89. The summed E-state index contributed by atoms with van der Waals surface area (Å²) < 4.78 is 18.9. The molecular formula is C21H25FN2O3. The molecule has 27 heavy (non-hydrogen) atoms. The number of ether oxygens (including phenoxy) is 1. The number of carbonyl (C=O) groups is 2. The summed E-state index contributed by atoms with van der Waals surface area (Å²) in [5.41, 5.74) is 6.16. The molecule has 0 atom stereocenters. The fourth-order valence-corrected chi connectivity index (χ4v) is 2.45. The molecule has 0 saturated carbocycles. The third-order valence-electron chi connectivity index (χ3n) is 4.03. The number of benzene rings is 2. The molecular weight excluding hydrogens is 347 g/mol. The molecule has 2 N–H and O–H groups in total. The highest BCUT2D eigenvalue weighted by Gasteiger charge is 2.18. The van der Waals surface area contributed by atoms with Gasteiger partial charge in [0.15, 0.2) is 0 Å². The zero-order valence-corrected chi connectivity index (χ0v) is 15.7. The van der Waals surface area contributed by atoms with Gasteiger partial charge in [-0.15, -0.1) is 0 Å². The number of amides is 2. The molecule has 0 aliphatic rings. The average Bonchev–Trinajstić information content (AvgIpc) is 2.63. The van der Waals surface area contributed by atoms with Crippen molar-refractivity contribution in [2.75, 3.05) is 18.1 Å². The van der Waals surface area contributed by atoms with Gasteiger partial charge in [0.2, 0.25) is 5.91 Å². The Morgan fingerprint density at radius 2 is 1.70 bits per heavy atom. The summed E-state index contributed by atoms with van der Waals surface area (Å²) in [5, 5.41) is 0. The molecule has 0 spiro atoms. The van der Waals surface area contributed by atoms with Crippen molar-refractivity contribution < 1.29 is 18.7 Å². The third-order valence-corrected chi connectivity index (χ3v) is 4.03. The lowest BCUT2D eigenvalue weighted by atomic mass is 10.1. The predicted octanol–water partition coefficient (Wildman–Crippen LogP) is 3.77. The zero-order valence-electron chi connectivity index (χ0n) is 15.7. The van der Waals surface area contributed by atoms with Gasteiger partial charge in [-0.25, -0.2) is 4.39 Å². The minimum absolute atomic E-state index is 0.0134. The summed E-state index contributed by atoms with van der Waals surface area (Å²) in [7, 11) is 0. The second-order valence-corrected chi connectivity index (χ2v) is 6.70. The van der Waals surface area contributed by atoms with Crippen LogP contribution in [0, 0.1) is 11.7 Å². The molecule has 144 valence electrons. The van der Waals surface area contributed by atoms with E-state index >= 15 is 0 Å². The van der Waals surface area contributed by atoms with Gasteiger partial charge in [0.05, 0.1) is 6.61 Å². The van der Waals surface area contributed by atoms with Crippen LogP contribution in [0.2, 0.25) is 0 Å². The Labute approximate surface area is 158 Å². The Morgan fingerprint density at radius 3 is 2.26 bits per heavy atom. The van der Waals surface area contributed by atoms with Crippen LogP contribution in [0.1, 0.15) is 37.0 Å². The molecule has 5 nitrogen and oxygen atoms in total. The first-order chi connectivity index (χ1) is 12.9. The third kappa shape index (κ3) is 6.40. The fraction of sp³-hybridized carbons (Fsp3) is 0.333. The van der Waals surface area contributed by atoms with Crippen molar-refractivity contribution in [2.45, 2.75) is 26.7 Å². The van der Waals surface area contributed by atoms with E-state index in [0.717, 1.165) is 6.42 Å². The van der Waals surface area contributed by atoms with E-state index in [1.807, 2.05) is 0 Å². The lowest BCUT2D eigenvalue weighted by Gasteiger charge is -2.22. The summed E-state index contributed by atoms with van der Waals surface area (Å²) in [4.78, 5) is 25.5. The van der Waals surface area contributed by atoms with Gasteiger partial charge in [0.1, 0.15) is 11.6 Å². The van der Waals surface area contributed by atoms with E-state index < -0.39 is 11.7 Å². The molecule has 0 aliphatic carbocycles. The van der Waals surface area contributed by atoms with E-state index in [4.69, 9.17) is 10.5 Å². The first kappa shape index (κ1) is 20.4. The van der Waals surface area contributed by atoms with E-state index in [9.17, 15) is 14.0 Å². The van der Waals surface area contributed by atoms with Gasteiger partial charge in [0.25, 0.3) is 5.91 Å². The zero-order chi connectivity index (χ0) is 19.8. The highest BCUT2D eigenvalue weighted by atomic mass is 19.1. The quantitative estimate of drug-likeness (QED) is 0.728. The number of hydrogen-bond donors (Lipinski definition) is 1. The predicted molar refractivity (Wildman–Crippen MR) is 103 cm³/mol. The van der Waals surface area contributed by atoms with Crippen LogP contribution in [0.4, 0.5) is 10.1 Å². The number of rotatable bonds is 9. The van der Waals surface area contributed by atoms with Crippen molar-refractivity contribution in [1.29, 1.82) is 0 Å². The highest BCUT2D eigenvalue weighted by Crippen LogP contribution is 2.20. The van der Waals surface area contributed by atoms with E-state index in [2.05, 4.69) is 13.8 Å². The molecule has 0 unspecified atom stereocenters. The van der Waals surface area contributed by atoms with Gasteiger partial charge in [-0.05, 0) is 60.9 Å². The van der Waals surface area contributed by atoms with Crippen molar-refractivity contribution in [1.82, 2.24) is 0 Å². The first-order valence-electron chi connectivity index (χ1n) is 8.95. The molecule has 0 heterocycles. The number of primary amides is 1. The second-order valence-electron chi connectivity index (χ2n) is 6.70. The molecule has 0 radical (unpaired) electrons. The monoisotopic (exact) mass is 372 g/mol. The number of hydrogen-bond acceptors (Lipinski definition) is 3. The summed E-state index contributed by atoms with van der Waals surface area (Å²) in [6.07, 6.45) is 0.964. The maximum atomic E-state index is 13.2. The summed E-state index contributed by atoms with van der Waals surface area (Å²) in [6, 6.07) is 12.4. The van der Waals surface area contributed by atoms with Crippen LogP contribution in [0.5, 0.6) is 5.75 Å². The Kier molecular flexibility index (Phi) is 7.34. The molecule has 2 aromatic carbocycles. The van der Waals surface area contributed by atoms with Crippen LogP contribution < -0.4 is 15.4 Å². The smallest absolute Gasteiger partial charge is 0.258 e. The Bertz CT molecular complexity index is 758. The molecule has 2 amide bonds. The van der Waals surface area contributed by atoms with E-state index in [1.165, 1.54) is 29.2 Å². The Morgan fingerprint density at radius 1 is 1.07 bits per heavy atom. The number of nitrogens with two attached hydrogens (primary N) is 1. The largest absolute Gasteiger partial charge is 0.494 e. The summed E-state index contributed by atoms with van der Waals surface area (Å²) in [5.74, 6) is 0.0439. The van der Waals surface area contributed by atoms with E-state index in [-0.39, 0.29) is 18.9 Å². The first-order valence-corrected chi connectivity index (χ1v) is 8.95. The number of nitrogens with zero attached hydrogens (tertiary/aromatic N) is 1. The molecule has 0 fully saturated rings. The van der Waals surface area contributed by atoms with Crippen molar-refractivity contribution in [3.8, 4) is 5.75 Å². The van der Waals surface area contributed by atoms with Crippen LogP contribution in [0.25, 0.3) is 0 Å². The minimum atomic E-state index is -0.510. The lowest BCUT2D eigenvalue weighted by Crippen LogP contribution is -2.34. The lowest BCUT2D eigenvalue weighted by molar-refractivity contribution is -0.117. The summed E-state index contributed by atoms with van der Waals surface area (Å²) in [6.45, 7) is 4.99. The van der Waals surface area contributed by atoms with Crippen LogP contribution >= 0.6 is 0 Å². The van der Waals surface area contributed by atoms with Crippen LogP contribution in [0.15, 0.2) is 48.5 Å².